The van der Waals surface area contributed by atoms with Gasteiger partial charge in [0.25, 0.3) is 0 Å². The maximum atomic E-state index is 5.25. The van der Waals surface area contributed by atoms with Crippen molar-refractivity contribution in [1.82, 2.24) is 5.32 Å². The molecule has 1 heterocycles. The van der Waals surface area contributed by atoms with Crippen LogP contribution in [0, 0.1) is 0 Å². The van der Waals surface area contributed by atoms with Gasteiger partial charge in [0, 0.05) is 26.4 Å². The lowest BCUT2D eigenvalue weighted by molar-refractivity contribution is 0.186. The van der Waals surface area contributed by atoms with Crippen molar-refractivity contribution in [2.75, 3.05) is 33.5 Å². The number of ether oxygens (including phenoxy) is 2. The highest BCUT2D eigenvalue weighted by Crippen LogP contribution is 2.02. The average Bonchev–Trinajstić information content (AvgIpc) is 2.57. The Hall–Kier alpha value is -0.120. The number of unbranched alkanes of at least 4 members (excludes halogenated alkanes) is 1. The van der Waals surface area contributed by atoms with Gasteiger partial charge in [-0.25, -0.2) is 0 Å². The van der Waals surface area contributed by atoms with Gasteiger partial charge in [-0.15, -0.1) is 0 Å². The first-order valence-corrected chi connectivity index (χ1v) is 4.73. The van der Waals surface area contributed by atoms with Gasteiger partial charge in [0.15, 0.2) is 0 Å². The molecule has 1 fully saturated rings. The van der Waals surface area contributed by atoms with Crippen LogP contribution in [-0.2, 0) is 9.47 Å². The Morgan fingerprint density at radius 1 is 1.50 bits per heavy atom. The minimum atomic E-state index is 0.604. The van der Waals surface area contributed by atoms with Gasteiger partial charge in [-0.05, 0) is 25.8 Å². The Morgan fingerprint density at radius 3 is 3.08 bits per heavy atom. The van der Waals surface area contributed by atoms with Gasteiger partial charge in [-0.2, -0.15) is 0 Å². The normalized spacial score (nSPS) is 23.2. The molecule has 0 spiro atoms. The van der Waals surface area contributed by atoms with Gasteiger partial charge in [-0.1, -0.05) is 0 Å². The second kappa shape index (κ2) is 6.40. The van der Waals surface area contributed by atoms with E-state index in [1.807, 2.05) is 0 Å². The molecule has 0 aromatic heterocycles. The summed E-state index contributed by atoms with van der Waals surface area (Å²) in [5.41, 5.74) is 0. The van der Waals surface area contributed by atoms with Crippen LogP contribution in [0.4, 0.5) is 0 Å². The van der Waals surface area contributed by atoms with Gasteiger partial charge >= 0.3 is 0 Å². The van der Waals surface area contributed by atoms with Gasteiger partial charge in [0.05, 0.1) is 6.61 Å². The minimum absolute atomic E-state index is 0.604. The van der Waals surface area contributed by atoms with Crippen LogP contribution in [0.3, 0.4) is 0 Å². The molecule has 3 heteroatoms. The second-order valence-corrected chi connectivity index (χ2v) is 3.21. The summed E-state index contributed by atoms with van der Waals surface area (Å²) in [6.45, 7) is 3.79. The molecule has 1 aliphatic rings. The third-order valence-electron chi connectivity index (χ3n) is 2.14. The molecule has 1 aliphatic heterocycles. The molecule has 0 bridgehead atoms. The Morgan fingerprint density at radius 2 is 2.42 bits per heavy atom. The van der Waals surface area contributed by atoms with Crippen LogP contribution in [0.2, 0.25) is 0 Å². The molecule has 0 amide bonds. The number of methoxy groups -OCH3 is 1. The smallest absolute Gasteiger partial charge is 0.0620 e. The topological polar surface area (TPSA) is 30.5 Å². The molecule has 72 valence electrons. The van der Waals surface area contributed by atoms with E-state index in [1.165, 1.54) is 12.8 Å². The summed E-state index contributed by atoms with van der Waals surface area (Å²) >= 11 is 0. The summed E-state index contributed by atoms with van der Waals surface area (Å²) in [5, 5.41) is 3.46. The van der Waals surface area contributed by atoms with Gasteiger partial charge < -0.3 is 14.8 Å². The Labute approximate surface area is 74.4 Å². The molecule has 0 radical (unpaired) electrons. The second-order valence-electron chi connectivity index (χ2n) is 3.21. The van der Waals surface area contributed by atoms with Crippen LogP contribution >= 0.6 is 0 Å². The standard InChI is InChI=1S/C9H19NO2/c1-11-6-3-2-5-10-9-4-7-12-8-9/h9-10H,2-8H2,1H3. The molecule has 0 aliphatic carbocycles. The quantitative estimate of drug-likeness (QED) is 0.602. The zero-order valence-electron chi connectivity index (χ0n) is 7.84. The van der Waals surface area contributed by atoms with Crippen molar-refractivity contribution in [1.29, 1.82) is 0 Å². The van der Waals surface area contributed by atoms with Crippen LogP contribution in [0.25, 0.3) is 0 Å². The number of nitrogens with one attached hydrogen (secondary N) is 1. The number of hydrogen-bond donors (Lipinski definition) is 1. The summed E-state index contributed by atoms with van der Waals surface area (Å²) in [7, 11) is 1.75. The fourth-order valence-corrected chi connectivity index (χ4v) is 1.37. The van der Waals surface area contributed by atoms with E-state index in [0.29, 0.717) is 6.04 Å². The van der Waals surface area contributed by atoms with Crippen molar-refractivity contribution in [3.63, 3.8) is 0 Å². The van der Waals surface area contributed by atoms with Crippen molar-refractivity contribution < 1.29 is 9.47 Å². The van der Waals surface area contributed by atoms with Crippen LogP contribution in [0.5, 0.6) is 0 Å². The monoisotopic (exact) mass is 173 g/mol. The zero-order valence-corrected chi connectivity index (χ0v) is 7.84. The van der Waals surface area contributed by atoms with E-state index in [0.717, 1.165) is 32.8 Å². The number of rotatable bonds is 6. The highest BCUT2D eigenvalue weighted by atomic mass is 16.5. The van der Waals surface area contributed by atoms with Crippen molar-refractivity contribution in [2.24, 2.45) is 0 Å². The first kappa shape index (κ1) is 9.96. The largest absolute Gasteiger partial charge is 0.385 e. The maximum absolute atomic E-state index is 5.25. The van der Waals surface area contributed by atoms with E-state index in [4.69, 9.17) is 9.47 Å². The Bertz CT molecular complexity index is 103. The predicted molar refractivity (Wildman–Crippen MR) is 48.3 cm³/mol. The maximum Gasteiger partial charge on any atom is 0.0620 e. The third kappa shape index (κ3) is 4.04. The van der Waals surface area contributed by atoms with Crippen LogP contribution < -0.4 is 5.32 Å². The molecule has 12 heavy (non-hydrogen) atoms. The van der Waals surface area contributed by atoms with E-state index < -0.39 is 0 Å². The summed E-state index contributed by atoms with van der Waals surface area (Å²) in [4.78, 5) is 0. The lowest BCUT2D eigenvalue weighted by atomic mass is 10.2. The summed E-state index contributed by atoms with van der Waals surface area (Å²) in [6, 6.07) is 0.604. The van der Waals surface area contributed by atoms with Gasteiger partial charge in [0.1, 0.15) is 0 Å². The first-order valence-electron chi connectivity index (χ1n) is 4.73. The van der Waals surface area contributed by atoms with E-state index in [9.17, 15) is 0 Å². The lowest BCUT2D eigenvalue weighted by Gasteiger charge is -2.09. The van der Waals surface area contributed by atoms with Crippen molar-refractivity contribution in [3.8, 4) is 0 Å². The molecular weight excluding hydrogens is 154 g/mol. The van der Waals surface area contributed by atoms with E-state index in [2.05, 4.69) is 5.32 Å². The number of hydrogen-bond acceptors (Lipinski definition) is 3. The summed E-state index contributed by atoms with van der Waals surface area (Å²) < 4.78 is 10.2. The molecule has 1 atom stereocenters. The van der Waals surface area contributed by atoms with Crippen molar-refractivity contribution in [3.05, 3.63) is 0 Å². The molecule has 1 unspecified atom stereocenters. The van der Waals surface area contributed by atoms with Crippen LogP contribution in [0.15, 0.2) is 0 Å². The third-order valence-corrected chi connectivity index (χ3v) is 2.14. The highest BCUT2D eigenvalue weighted by Gasteiger charge is 2.13. The summed E-state index contributed by atoms with van der Waals surface area (Å²) in [6.07, 6.45) is 3.52. The average molecular weight is 173 g/mol. The van der Waals surface area contributed by atoms with E-state index >= 15 is 0 Å². The van der Waals surface area contributed by atoms with Gasteiger partial charge in [0.2, 0.25) is 0 Å². The fourth-order valence-electron chi connectivity index (χ4n) is 1.37. The Kier molecular flexibility index (Phi) is 5.32. The SMILES string of the molecule is COCCCCNC1CCOC1. The molecule has 3 nitrogen and oxygen atoms in total. The van der Waals surface area contributed by atoms with Crippen LogP contribution in [0.1, 0.15) is 19.3 Å². The predicted octanol–water partition coefficient (Wildman–Crippen LogP) is 0.792. The van der Waals surface area contributed by atoms with Gasteiger partial charge in [-0.3, -0.25) is 0 Å². The molecule has 1 saturated heterocycles. The molecule has 0 aromatic rings. The van der Waals surface area contributed by atoms with Crippen molar-refractivity contribution >= 4 is 0 Å². The zero-order chi connectivity index (χ0) is 8.65. The van der Waals surface area contributed by atoms with Crippen LogP contribution in [-0.4, -0.2) is 39.5 Å². The molecule has 0 saturated carbocycles. The minimum Gasteiger partial charge on any atom is -0.385 e. The summed E-state index contributed by atoms with van der Waals surface area (Å²) in [5.74, 6) is 0. The van der Waals surface area contributed by atoms with Crippen molar-refractivity contribution in [2.45, 2.75) is 25.3 Å². The molecule has 1 rings (SSSR count). The molecule has 0 aromatic carbocycles. The molecular formula is C9H19NO2. The fraction of sp³-hybridized carbons (Fsp3) is 1.00. The Balaban J connectivity index is 1.81. The highest BCUT2D eigenvalue weighted by molar-refractivity contribution is 4.70. The lowest BCUT2D eigenvalue weighted by Crippen LogP contribution is -2.30. The van der Waals surface area contributed by atoms with E-state index in [1.54, 1.807) is 7.11 Å². The van der Waals surface area contributed by atoms with E-state index in [-0.39, 0.29) is 0 Å². The first-order chi connectivity index (χ1) is 5.93. The molecule has 1 N–H and O–H groups in total.